The monoisotopic (exact) mass is 354 g/mol. The highest BCUT2D eigenvalue weighted by Crippen LogP contribution is 2.10. The minimum atomic E-state index is -0.757. The van der Waals surface area contributed by atoms with Crippen LogP contribution < -0.4 is 10.6 Å². The predicted octanol–water partition coefficient (Wildman–Crippen LogP) is 2.16. The lowest BCUT2D eigenvalue weighted by molar-refractivity contribution is -0.154. The molecular weight excluding hydrogens is 332 g/mol. The van der Waals surface area contributed by atoms with Crippen LogP contribution in [0.3, 0.4) is 0 Å². The molecule has 2 unspecified atom stereocenters. The van der Waals surface area contributed by atoms with Crippen molar-refractivity contribution in [2.45, 2.75) is 26.3 Å². The van der Waals surface area contributed by atoms with Crippen LogP contribution in [-0.2, 0) is 9.47 Å². The Hall–Kier alpha value is -2.70. The van der Waals surface area contributed by atoms with E-state index in [1.54, 1.807) is 24.3 Å². The third-order valence-corrected chi connectivity index (χ3v) is 4.13. The summed E-state index contributed by atoms with van der Waals surface area (Å²) in [4.78, 5) is 24.8. The topological polar surface area (TPSA) is 76.7 Å². The largest absolute Gasteiger partial charge is 0.351 e. The van der Waals surface area contributed by atoms with Crippen molar-refractivity contribution in [2.24, 2.45) is 0 Å². The quantitative estimate of drug-likeness (QED) is 0.882. The van der Waals surface area contributed by atoms with Crippen molar-refractivity contribution in [3.8, 4) is 0 Å². The fraction of sp³-hybridized carbons (Fsp3) is 0.300. The molecule has 6 nitrogen and oxygen atoms in total. The highest BCUT2D eigenvalue weighted by molar-refractivity contribution is 5.95. The fourth-order valence-corrected chi connectivity index (χ4v) is 2.59. The lowest BCUT2D eigenvalue weighted by Crippen LogP contribution is -2.57. The normalized spacial score (nSPS) is 19.6. The van der Waals surface area contributed by atoms with Gasteiger partial charge in [-0.15, -0.1) is 0 Å². The molecule has 0 aliphatic carbocycles. The summed E-state index contributed by atoms with van der Waals surface area (Å²) < 4.78 is 11.2. The summed E-state index contributed by atoms with van der Waals surface area (Å²) in [7, 11) is 0. The van der Waals surface area contributed by atoms with Gasteiger partial charge in [0.1, 0.15) is 0 Å². The van der Waals surface area contributed by atoms with Gasteiger partial charge in [0.05, 0.1) is 13.2 Å². The first kappa shape index (κ1) is 18.1. The van der Waals surface area contributed by atoms with Crippen LogP contribution >= 0.6 is 0 Å². The Kier molecular flexibility index (Phi) is 5.65. The molecule has 0 radical (unpaired) electrons. The van der Waals surface area contributed by atoms with Crippen molar-refractivity contribution < 1.29 is 19.1 Å². The second-order valence-corrected chi connectivity index (χ2v) is 6.26. The van der Waals surface area contributed by atoms with E-state index in [2.05, 4.69) is 10.6 Å². The maximum atomic E-state index is 12.4. The average molecular weight is 354 g/mol. The first-order chi connectivity index (χ1) is 12.5. The molecule has 1 aliphatic heterocycles. The fourth-order valence-electron chi connectivity index (χ4n) is 2.59. The predicted molar refractivity (Wildman–Crippen MR) is 96.8 cm³/mol. The van der Waals surface area contributed by atoms with E-state index in [1.807, 2.05) is 38.1 Å². The minimum Gasteiger partial charge on any atom is -0.351 e. The zero-order valence-electron chi connectivity index (χ0n) is 14.8. The second kappa shape index (κ2) is 8.12. The molecule has 136 valence electrons. The molecule has 0 spiro atoms. The molecule has 26 heavy (non-hydrogen) atoms. The molecule has 3 rings (SSSR count). The second-order valence-electron chi connectivity index (χ2n) is 6.26. The van der Waals surface area contributed by atoms with Crippen molar-refractivity contribution in [2.75, 3.05) is 13.2 Å². The van der Waals surface area contributed by atoms with Gasteiger partial charge >= 0.3 is 0 Å². The summed E-state index contributed by atoms with van der Waals surface area (Å²) in [5.41, 5.74) is 3.19. The number of nitrogens with one attached hydrogen (secondary N) is 2. The van der Waals surface area contributed by atoms with Crippen LogP contribution in [0.4, 0.5) is 0 Å². The smallest absolute Gasteiger partial charge is 0.253 e. The van der Waals surface area contributed by atoms with Crippen molar-refractivity contribution in [3.05, 3.63) is 70.8 Å². The Bertz CT molecular complexity index is 704. The zero-order chi connectivity index (χ0) is 18.5. The van der Waals surface area contributed by atoms with Gasteiger partial charge in [-0.25, -0.2) is 0 Å². The van der Waals surface area contributed by atoms with Crippen molar-refractivity contribution in [1.82, 2.24) is 10.6 Å². The molecular formula is C20H22N2O4. The summed E-state index contributed by atoms with van der Waals surface area (Å²) in [5.74, 6) is -0.565. The minimum absolute atomic E-state index is 0.282. The Labute approximate surface area is 152 Å². The number of hydrogen-bond donors (Lipinski definition) is 2. The summed E-state index contributed by atoms with van der Waals surface area (Å²) in [6, 6.07) is 14.4. The molecule has 0 bridgehead atoms. The van der Waals surface area contributed by atoms with Crippen molar-refractivity contribution >= 4 is 11.8 Å². The maximum Gasteiger partial charge on any atom is 0.253 e. The standard InChI is InChI=1S/C20H22N2O4/c1-13-3-7-15(8-4-13)17(23)21-19-20(26-12-11-25-19)22-18(24)16-9-5-14(2)6-10-16/h3-10,19-20H,11-12H2,1-2H3,(H,21,23)(H,22,24). The lowest BCUT2D eigenvalue weighted by atomic mass is 10.1. The number of benzene rings is 2. The highest BCUT2D eigenvalue weighted by Gasteiger charge is 2.30. The van der Waals surface area contributed by atoms with E-state index in [9.17, 15) is 9.59 Å². The van der Waals surface area contributed by atoms with Crippen LogP contribution in [0.1, 0.15) is 31.8 Å². The number of carbonyl (C=O) groups is 2. The molecule has 1 heterocycles. The van der Waals surface area contributed by atoms with Gasteiger partial charge in [-0.3, -0.25) is 9.59 Å². The molecule has 2 amide bonds. The van der Waals surface area contributed by atoms with Crippen LogP contribution in [-0.4, -0.2) is 37.5 Å². The average Bonchev–Trinajstić information content (AvgIpc) is 2.64. The van der Waals surface area contributed by atoms with E-state index < -0.39 is 12.5 Å². The molecule has 1 fully saturated rings. The van der Waals surface area contributed by atoms with Gasteiger partial charge in [-0.1, -0.05) is 35.4 Å². The highest BCUT2D eigenvalue weighted by atomic mass is 16.6. The van der Waals surface area contributed by atoms with E-state index in [0.717, 1.165) is 11.1 Å². The molecule has 1 saturated heterocycles. The number of amides is 2. The molecule has 6 heteroatoms. The van der Waals surface area contributed by atoms with Crippen LogP contribution in [0.5, 0.6) is 0 Å². The van der Waals surface area contributed by atoms with Crippen LogP contribution in [0, 0.1) is 13.8 Å². The third-order valence-electron chi connectivity index (χ3n) is 4.13. The summed E-state index contributed by atoms with van der Waals surface area (Å²) in [5, 5.41) is 5.54. The van der Waals surface area contributed by atoms with Gasteiger partial charge in [-0.05, 0) is 38.1 Å². The molecule has 2 aromatic carbocycles. The summed E-state index contributed by atoms with van der Waals surface area (Å²) in [6.45, 7) is 4.60. The van der Waals surface area contributed by atoms with E-state index in [0.29, 0.717) is 24.3 Å². The first-order valence-electron chi connectivity index (χ1n) is 8.51. The van der Waals surface area contributed by atoms with Crippen molar-refractivity contribution in [1.29, 1.82) is 0 Å². The molecule has 2 atom stereocenters. The Balaban J connectivity index is 1.65. The van der Waals surface area contributed by atoms with Gasteiger partial charge in [0.2, 0.25) is 0 Å². The number of hydrogen-bond acceptors (Lipinski definition) is 4. The van der Waals surface area contributed by atoms with Crippen LogP contribution in [0.15, 0.2) is 48.5 Å². The van der Waals surface area contributed by atoms with Crippen LogP contribution in [0.25, 0.3) is 0 Å². The van der Waals surface area contributed by atoms with E-state index in [-0.39, 0.29) is 11.8 Å². The molecule has 2 aromatic rings. The number of aryl methyl sites for hydroxylation is 2. The van der Waals surface area contributed by atoms with Gasteiger partial charge in [-0.2, -0.15) is 0 Å². The lowest BCUT2D eigenvalue weighted by Gasteiger charge is -2.32. The van der Waals surface area contributed by atoms with Gasteiger partial charge < -0.3 is 20.1 Å². The number of rotatable bonds is 4. The Morgan fingerprint density at radius 3 is 1.42 bits per heavy atom. The Morgan fingerprint density at radius 1 is 0.731 bits per heavy atom. The van der Waals surface area contributed by atoms with E-state index >= 15 is 0 Å². The van der Waals surface area contributed by atoms with Crippen LogP contribution in [0.2, 0.25) is 0 Å². The number of carbonyl (C=O) groups excluding carboxylic acids is 2. The number of ether oxygens (including phenoxy) is 2. The van der Waals surface area contributed by atoms with E-state index in [1.165, 1.54) is 0 Å². The van der Waals surface area contributed by atoms with Gasteiger partial charge in [0.25, 0.3) is 11.8 Å². The molecule has 1 aliphatic rings. The molecule has 0 saturated carbocycles. The Morgan fingerprint density at radius 2 is 1.08 bits per heavy atom. The van der Waals surface area contributed by atoms with Crippen molar-refractivity contribution in [3.63, 3.8) is 0 Å². The van der Waals surface area contributed by atoms with Gasteiger partial charge in [0, 0.05) is 11.1 Å². The SMILES string of the molecule is Cc1ccc(C(=O)NC2OCCOC2NC(=O)c2ccc(C)cc2)cc1. The maximum absolute atomic E-state index is 12.4. The molecule has 2 N–H and O–H groups in total. The third kappa shape index (κ3) is 4.47. The van der Waals surface area contributed by atoms with E-state index in [4.69, 9.17) is 9.47 Å². The zero-order valence-corrected chi connectivity index (χ0v) is 14.8. The summed E-state index contributed by atoms with van der Waals surface area (Å²) >= 11 is 0. The summed E-state index contributed by atoms with van der Waals surface area (Å²) in [6.07, 6.45) is -1.51. The van der Waals surface area contributed by atoms with Gasteiger partial charge in [0.15, 0.2) is 12.5 Å². The first-order valence-corrected chi connectivity index (χ1v) is 8.51. The molecule has 0 aromatic heterocycles.